The van der Waals surface area contributed by atoms with E-state index in [0.717, 1.165) is 44.1 Å². The maximum Gasteiger partial charge on any atom is 0.258 e. The number of carbonyl (C=O) groups is 1. The summed E-state index contributed by atoms with van der Waals surface area (Å²) >= 11 is 0. The Hall–Kier alpha value is -2.33. The predicted octanol–water partition coefficient (Wildman–Crippen LogP) is 9.54. The molecule has 0 radical (unpaired) electrons. The van der Waals surface area contributed by atoms with Crippen molar-refractivity contribution in [2.75, 3.05) is 37.7 Å². The summed E-state index contributed by atoms with van der Waals surface area (Å²) in [6, 6.07) is 17.6. The number of rotatable bonds is 23. The van der Waals surface area contributed by atoms with Crippen molar-refractivity contribution in [2.45, 2.75) is 111 Å². The van der Waals surface area contributed by atoms with Crippen molar-refractivity contribution < 1.29 is 9.53 Å². The van der Waals surface area contributed by atoms with E-state index >= 15 is 0 Å². The molecule has 0 aliphatic rings. The number of hydrogen-bond acceptors (Lipinski definition) is 3. The maximum absolute atomic E-state index is 13.4. The molecular weight excluding hydrogens is 480 g/mol. The number of nitrogens with zero attached hydrogens (tertiary/aromatic N) is 2. The Kier molecular flexibility index (Phi) is 18.1. The lowest BCUT2D eigenvalue weighted by Gasteiger charge is -2.27. The van der Waals surface area contributed by atoms with Gasteiger partial charge in [0.15, 0.2) is 0 Å². The van der Waals surface area contributed by atoms with Crippen LogP contribution < -0.4 is 9.64 Å². The molecule has 0 saturated heterocycles. The highest BCUT2D eigenvalue weighted by molar-refractivity contribution is 6.06. The van der Waals surface area contributed by atoms with E-state index in [1.807, 2.05) is 59.5 Å². The highest BCUT2D eigenvalue weighted by atomic mass is 16.5. The minimum Gasteiger partial charge on any atom is -0.494 e. The van der Waals surface area contributed by atoms with Crippen LogP contribution in [0.3, 0.4) is 0 Å². The summed E-state index contributed by atoms with van der Waals surface area (Å²) in [5.74, 6) is 0.877. The van der Waals surface area contributed by atoms with Gasteiger partial charge in [-0.1, -0.05) is 122 Å². The molecule has 0 aliphatic carbocycles. The smallest absolute Gasteiger partial charge is 0.258 e. The Labute approximate surface area is 240 Å². The van der Waals surface area contributed by atoms with E-state index in [1.54, 1.807) is 0 Å². The third kappa shape index (κ3) is 14.0. The van der Waals surface area contributed by atoms with Gasteiger partial charge in [0, 0.05) is 24.3 Å². The van der Waals surface area contributed by atoms with Gasteiger partial charge in [0.25, 0.3) is 5.91 Å². The van der Waals surface area contributed by atoms with Crippen LogP contribution in [0.2, 0.25) is 0 Å². The Morgan fingerprint density at radius 2 is 1.13 bits per heavy atom. The summed E-state index contributed by atoms with van der Waals surface area (Å²) in [4.78, 5) is 17.7. The molecule has 2 rings (SSSR count). The zero-order valence-electron chi connectivity index (χ0n) is 25.3. The summed E-state index contributed by atoms with van der Waals surface area (Å²) in [6.45, 7) is 10.8. The summed E-state index contributed by atoms with van der Waals surface area (Å²) in [5, 5.41) is 0. The van der Waals surface area contributed by atoms with Gasteiger partial charge in [-0.2, -0.15) is 0 Å². The van der Waals surface area contributed by atoms with Crippen LogP contribution in [-0.4, -0.2) is 43.6 Å². The highest BCUT2D eigenvalue weighted by Crippen LogP contribution is 2.20. The molecule has 2 aromatic rings. The van der Waals surface area contributed by atoms with Crippen LogP contribution in [0.15, 0.2) is 54.6 Å². The van der Waals surface area contributed by atoms with Crippen molar-refractivity contribution in [3.8, 4) is 5.75 Å². The molecule has 0 spiro atoms. The van der Waals surface area contributed by atoms with E-state index in [0.29, 0.717) is 12.1 Å². The maximum atomic E-state index is 13.4. The van der Waals surface area contributed by atoms with Crippen molar-refractivity contribution in [3.05, 3.63) is 60.2 Å². The van der Waals surface area contributed by atoms with E-state index in [4.69, 9.17) is 4.74 Å². The molecular formula is C35H56N2O2. The molecule has 0 aromatic heterocycles. The number of anilines is 1. The summed E-state index contributed by atoms with van der Waals surface area (Å²) in [7, 11) is 0. The number of likely N-dealkylation sites (N-methyl/N-ethyl adjacent to an activating group) is 1. The third-order valence-electron chi connectivity index (χ3n) is 7.72. The molecule has 0 atom stereocenters. The van der Waals surface area contributed by atoms with Crippen molar-refractivity contribution in [1.82, 2.24) is 4.90 Å². The lowest BCUT2D eigenvalue weighted by molar-refractivity contribution is 0.0983. The summed E-state index contributed by atoms with van der Waals surface area (Å²) in [5.41, 5.74) is 1.63. The van der Waals surface area contributed by atoms with Gasteiger partial charge in [-0.15, -0.1) is 0 Å². The molecule has 4 nitrogen and oxygen atoms in total. The van der Waals surface area contributed by atoms with Crippen molar-refractivity contribution in [1.29, 1.82) is 0 Å². The zero-order chi connectivity index (χ0) is 28.0. The number of ether oxygens (including phenoxy) is 1. The zero-order valence-corrected chi connectivity index (χ0v) is 25.3. The van der Waals surface area contributed by atoms with Gasteiger partial charge in [-0.25, -0.2) is 0 Å². The van der Waals surface area contributed by atoms with E-state index in [9.17, 15) is 4.79 Å². The van der Waals surface area contributed by atoms with E-state index in [-0.39, 0.29) is 5.91 Å². The Balaban J connectivity index is 1.63. The molecule has 0 bridgehead atoms. The fourth-order valence-corrected chi connectivity index (χ4v) is 5.07. The molecule has 0 aliphatic heterocycles. The SMILES string of the molecule is CCCCCCCCCCCCCCCCOc1ccc(C(=O)N(CCN(CC)CC)c2ccccc2)cc1. The molecule has 39 heavy (non-hydrogen) atoms. The first-order valence-electron chi connectivity index (χ1n) is 16.0. The first-order chi connectivity index (χ1) is 19.2. The number of hydrogen-bond donors (Lipinski definition) is 0. The van der Waals surface area contributed by atoms with Gasteiger partial charge in [0.2, 0.25) is 0 Å². The first-order valence-corrected chi connectivity index (χ1v) is 16.0. The van der Waals surface area contributed by atoms with Crippen molar-refractivity contribution in [2.24, 2.45) is 0 Å². The average molecular weight is 537 g/mol. The molecule has 218 valence electrons. The van der Waals surface area contributed by atoms with E-state index < -0.39 is 0 Å². The second kappa shape index (κ2) is 21.5. The van der Waals surface area contributed by atoms with Crippen LogP contribution >= 0.6 is 0 Å². The molecule has 0 heterocycles. The second-order valence-electron chi connectivity index (χ2n) is 10.8. The van der Waals surface area contributed by atoms with Gasteiger partial charge in [0.05, 0.1) is 6.61 Å². The Morgan fingerprint density at radius 3 is 1.64 bits per heavy atom. The van der Waals surface area contributed by atoms with Crippen LogP contribution in [0.4, 0.5) is 5.69 Å². The number of para-hydroxylation sites is 1. The minimum atomic E-state index is 0.0341. The van der Waals surface area contributed by atoms with Crippen LogP contribution in [0.25, 0.3) is 0 Å². The fraction of sp³-hybridized carbons (Fsp3) is 0.629. The van der Waals surface area contributed by atoms with Gasteiger partial charge >= 0.3 is 0 Å². The Bertz CT molecular complexity index is 849. The van der Waals surface area contributed by atoms with Gasteiger partial charge in [0.1, 0.15) is 5.75 Å². The molecule has 4 heteroatoms. The molecule has 0 unspecified atom stereocenters. The lowest BCUT2D eigenvalue weighted by Crippen LogP contribution is -2.38. The van der Waals surface area contributed by atoms with Crippen LogP contribution in [-0.2, 0) is 0 Å². The topological polar surface area (TPSA) is 32.8 Å². The lowest BCUT2D eigenvalue weighted by atomic mass is 10.0. The number of amides is 1. The van der Waals surface area contributed by atoms with Crippen molar-refractivity contribution in [3.63, 3.8) is 0 Å². The highest BCUT2D eigenvalue weighted by Gasteiger charge is 2.18. The quantitative estimate of drug-likeness (QED) is 0.133. The van der Waals surface area contributed by atoms with Crippen molar-refractivity contribution >= 4 is 11.6 Å². The molecule has 0 fully saturated rings. The number of carbonyl (C=O) groups excluding carboxylic acids is 1. The minimum absolute atomic E-state index is 0.0341. The molecule has 0 saturated carbocycles. The molecule has 1 amide bonds. The standard InChI is InChI=1S/C35H56N2O2/c1-4-7-8-9-10-11-12-13-14-15-16-17-18-22-31-39-34-27-25-32(26-28-34)35(38)37(30-29-36(5-2)6-3)33-23-20-19-21-24-33/h19-21,23-28H,4-18,22,29-31H2,1-3H3. The monoisotopic (exact) mass is 536 g/mol. The van der Waals surface area contributed by atoms with E-state index in [1.165, 1.54) is 83.5 Å². The second-order valence-corrected chi connectivity index (χ2v) is 10.8. The van der Waals surface area contributed by atoms with Crippen LogP contribution in [0.5, 0.6) is 5.75 Å². The van der Waals surface area contributed by atoms with Crippen LogP contribution in [0, 0.1) is 0 Å². The Morgan fingerprint density at radius 1 is 0.615 bits per heavy atom. The number of benzene rings is 2. The average Bonchev–Trinajstić information content (AvgIpc) is 2.98. The van der Waals surface area contributed by atoms with Gasteiger partial charge in [-0.05, 0) is 55.9 Å². The normalized spacial score (nSPS) is 11.2. The molecule has 0 N–H and O–H groups in total. The third-order valence-corrected chi connectivity index (χ3v) is 7.72. The van der Waals surface area contributed by atoms with Gasteiger partial charge < -0.3 is 14.5 Å². The predicted molar refractivity (Wildman–Crippen MR) is 168 cm³/mol. The van der Waals surface area contributed by atoms with E-state index in [2.05, 4.69) is 25.7 Å². The summed E-state index contributed by atoms with van der Waals surface area (Å²) in [6.07, 6.45) is 19.0. The summed E-state index contributed by atoms with van der Waals surface area (Å²) < 4.78 is 5.97. The largest absolute Gasteiger partial charge is 0.494 e. The molecule has 2 aromatic carbocycles. The number of unbranched alkanes of at least 4 members (excludes halogenated alkanes) is 13. The van der Waals surface area contributed by atoms with Gasteiger partial charge in [-0.3, -0.25) is 4.79 Å². The van der Waals surface area contributed by atoms with Crippen LogP contribution in [0.1, 0.15) is 121 Å². The fourth-order valence-electron chi connectivity index (χ4n) is 5.07. The first kappa shape index (κ1) is 32.9.